The largest absolute Gasteiger partial charge is 0.317 e. The van der Waals surface area contributed by atoms with Gasteiger partial charge in [0.2, 0.25) is 0 Å². The molecule has 1 nitrogen and oxygen atoms in total. The highest BCUT2D eigenvalue weighted by Crippen LogP contribution is 2.47. The maximum Gasteiger partial charge on any atom is -0.00462 e. The van der Waals surface area contributed by atoms with Crippen molar-refractivity contribution in [2.75, 3.05) is 13.1 Å². The fourth-order valence-electron chi connectivity index (χ4n) is 7.21. The molecule has 2 atom stereocenters. The lowest BCUT2D eigenvalue weighted by atomic mass is 9.73. The van der Waals surface area contributed by atoms with Crippen LogP contribution in [0.5, 0.6) is 0 Å². The molecule has 5 rings (SSSR count). The van der Waals surface area contributed by atoms with Crippen LogP contribution in [-0.2, 0) is 25.7 Å². The van der Waals surface area contributed by atoms with Gasteiger partial charge in [0.05, 0.1) is 0 Å². The molecule has 1 N–H and O–H groups in total. The average molecular weight is 506 g/mol. The molecule has 200 valence electrons. The van der Waals surface area contributed by atoms with Gasteiger partial charge >= 0.3 is 0 Å². The van der Waals surface area contributed by atoms with Crippen LogP contribution in [0.25, 0.3) is 5.57 Å². The molecule has 2 fully saturated rings. The van der Waals surface area contributed by atoms with Gasteiger partial charge in [-0.25, -0.2) is 0 Å². The van der Waals surface area contributed by atoms with E-state index in [-0.39, 0.29) is 0 Å². The van der Waals surface area contributed by atoms with Crippen LogP contribution >= 0.6 is 0 Å². The minimum atomic E-state index is 0.514. The summed E-state index contributed by atoms with van der Waals surface area (Å²) in [5.41, 5.74) is 15.5. The first-order valence-electron chi connectivity index (χ1n) is 14.9. The molecule has 3 aliphatic rings. The van der Waals surface area contributed by atoms with Crippen LogP contribution in [-0.4, -0.2) is 13.1 Å². The zero-order valence-electron chi connectivity index (χ0n) is 23.9. The second-order valence-corrected chi connectivity index (χ2v) is 12.6. The van der Waals surface area contributed by atoms with E-state index in [1.165, 1.54) is 94.4 Å². The molecule has 0 aromatic heterocycles. The number of benzene rings is 2. The summed E-state index contributed by atoms with van der Waals surface area (Å²) in [7, 11) is 0. The minimum Gasteiger partial charge on any atom is -0.317 e. The molecule has 0 bridgehead atoms. The second kappa shape index (κ2) is 11.6. The fraction of sp³-hybridized carbons (Fsp3) is 0.459. The molecular formula is C37H47N. The van der Waals surface area contributed by atoms with Crippen molar-refractivity contribution in [3.8, 4) is 0 Å². The molecular weight excluding hydrogens is 458 g/mol. The van der Waals surface area contributed by atoms with Crippen LogP contribution in [0.15, 0.2) is 73.4 Å². The highest BCUT2D eigenvalue weighted by Gasteiger charge is 2.34. The first-order valence-corrected chi connectivity index (χ1v) is 14.9. The van der Waals surface area contributed by atoms with Gasteiger partial charge in [-0.1, -0.05) is 73.4 Å². The SMILES string of the molecule is C=C1CCC(C2Cc3ccc(CCC(=C)Cc4cc(C)c(C)c(CC5CCNCC5)c4)cc3C2=C)C(=C)C1. The summed E-state index contributed by atoms with van der Waals surface area (Å²) in [5.74, 6) is 1.89. The number of rotatable bonds is 8. The summed E-state index contributed by atoms with van der Waals surface area (Å²) in [6.45, 7) is 24.6. The Labute approximate surface area is 231 Å². The zero-order chi connectivity index (χ0) is 26.8. The molecule has 0 spiro atoms. The summed E-state index contributed by atoms with van der Waals surface area (Å²) >= 11 is 0. The van der Waals surface area contributed by atoms with Crippen LogP contribution in [0.3, 0.4) is 0 Å². The van der Waals surface area contributed by atoms with Gasteiger partial charge in [0, 0.05) is 0 Å². The smallest absolute Gasteiger partial charge is 0.00462 e. The Hall–Kier alpha value is -2.64. The number of hydrogen-bond donors (Lipinski definition) is 1. The van der Waals surface area contributed by atoms with Crippen molar-refractivity contribution in [3.63, 3.8) is 0 Å². The maximum atomic E-state index is 4.58. The molecule has 2 unspecified atom stereocenters. The summed E-state index contributed by atoms with van der Waals surface area (Å²) in [4.78, 5) is 0. The van der Waals surface area contributed by atoms with E-state index in [4.69, 9.17) is 0 Å². The first-order chi connectivity index (χ1) is 18.3. The van der Waals surface area contributed by atoms with Gasteiger partial charge in [0.1, 0.15) is 0 Å². The molecule has 0 amide bonds. The molecule has 38 heavy (non-hydrogen) atoms. The maximum absolute atomic E-state index is 4.58. The molecule has 1 heteroatoms. The minimum absolute atomic E-state index is 0.514. The standard InChI is InChI=1S/C37H47N/c1-24-8-12-35(27(4)17-24)37-23-33-11-10-30(22-36(33)29(37)6)9-7-25(2)18-32-19-26(3)28(5)34(21-32)20-31-13-15-38-16-14-31/h10-11,19,21-22,31,35,37-38H,1-2,4,6-9,12-18,20,23H2,3,5H3. The van der Waals surface area contributed by atoms with Crippen LogP contribution < -0.4 is 5.32 Å². The van der Waals surface area contributed by atoms with Crippen molar-refractivity contribution >= 4 is 5.57 Å². The molecule has 1 saturated heterocycles. The Morgan fingerprint density at radius 1 is 0.947 bits per heavy atom. The number of aryl methyl sites for hydroxylation is 2. The predicted molar refractivity (Wildman–Crippen MR) is 165 cm³/mol. The Morgan fingerprint density at radius 3 is 2.50 bits per heavy atom. The van der Waals surface area contributed by atoms with Gasteiger partial charge in [0.15, 0.2) is 0 Å². The Kier molecular flexibility index (Phi) is 8.24. The summed E-state index contributed by atoms with van der Waals surface area (Å²) in [6, 6.07) is 12.0. The van der Waals surface area contributed by atoms with E-state index in [0.717, 1.165) is 44.4 Å². The molecule has 1 saturated carbocycles. The highest BCUT2D eigenvalue weighted by molar-refractivity contribution is 5.74. The third-order valence-electron chi connectivity index (χ3n) is 9.73. The van der Waals surface area contributed by atoms with Gasteiger partial charge in [-0.15, -0.1) is 0 Å². The van der Waals surface area contributed by atoms with E-state index in [1.807, 2.05) is 0 Å². The first kappa shape index (κ1) is 26.9. The van der Waals surface area contributed by atoms with Crippen LogP contribution in [0, 0.1) is 31.6 Å². The predicted octanol–water partition coefficient (Wildman–Crippen LogP) is 8.68. The lowest BCUT2D eigenvalue weighted by molar-refractivity contribution is 0.372. The number of fused-ring (bicyclic) bond motifs is 1. The van der Waals surface area contributed by atoms with E-state index in [2.05, 4.69) is 75.8 Å². The van der Waals surface area contributed by atoms with E-state index in [0.29, 0.717) is 11.8 Å². The van der Waals surface area contributed by atoms with Gasteiger partial charge in [-0.3, -0.25) is 0 Å². The monoisotopic (exact) mass is 505 g/mol. The van der Waals surface area contributed by atoms with Gasteiger partial charge < -0.3 is 5.32 Å². The zero-order valence-corrected chi connectivity index (χ0v) is 23.9. The van der Waals surface area contributed by atoms with E-state index in [1.54, 1.807) is 5.56 Å². The Balaban J connectivity index is 1.19. The summed E-state index contributed by atoms with van der Waals surface area (Å²) in [5, 5.41) is 3.50. The van der Waals surface area contributed by atoms with Crippen LogP contribution in [0.2, 0.25) is 0 Å². The van der Waals surface area contributed by atoms with E-state index < -0.39 is 0 Å². The molecule has 1 heterocycles. The number of hydrogen-bond acceptors (Lipinski definition) is 1. The van der Waals surface area contributed by atoms with Crippen molar-refractivity contribution in [2.45, 2.75) is 78.1 Å². The molecule has 2 aliphatic carbocycles. The fourth-order valence-corrected chi connectivity index (χ4v) is 7.21. The Bertz CT molecular complexity index is 1250. The topological polar surface area (TPSA) is 12.0 Å². The quantitative estimate of drug-likeness (QED) is 0.354. The molecule has 0 radical (unpaired) electrons. The third-order valence-corrected chi connectivity index (χ3v) is 9.73. The number of nitrogens with one attached hydrogen (secondary N) is 1. The lowest BCUT2D eigenvalue weighted by Crippen LogP contribution is -2.28. The van der Waals surface area contributed by atoms with Gasteiger partial charge in [0.25, 0.3) is 0 Å². The number of piperidine rings is 1. The molecule has 2 aromatic carbocycles. The Morgan fingerprint density at radius 2 is 1.74 bits per heavy atom. The summed E-state index contributed by atoms with van der Waals surface area (Å²) in [6.07, 6.45) is 11.3. The second-order valence-electron chi connectivity index (χ2n) is 12.6. The third kappa shape index (κ3) is 5.99. The van der Waals surface area contributed by atoms with Crippen molar-refractivity contribution in [2.24, 2.45) is 17.8 Å². The van der Waals surface area contributed by atoms with Crippen molar-refractivity contribution < 1.29 is 0 Å². The van der Waals surface area contributed by atoms with Crippen molar-refractivity contribution in [1.29, 1.82) is 0 Å². The lowest BCUT2D eigenvalue weighted by Gasteiger charge is -2.31. The summed E-state index contributed by atoms with van der Waals surface area (Å²) < 4.78 is 0. The van der Waals surface area contributed by atoms with Crippen molar-refractivity contribution in [3.05, 3.63) is 112 Å². The van der Waals surface area contributed by atoms with Crippen LogP contribution in [0.1, 0.15) is 77.5 Å². The molecule has 1 aliphatic heterocycles. The van der Waals surface area contributed by atoms with Crippen molar-refractivity contribution in [1.82, 2.24) is 5.32 Å². The van der Waals surface area contributed by atoms with E-state index in [9.17, 15) is 0 Å². The van der Waals surface area contributed by atoms with Gasteiger partial charge in [-0.2, -0.15) is 0 Å². The number of allylic oxidation sites excluding steroid dienone is 4. The van der Waals surface area contributed by atoms with E-state index >= 15 is 0 Å². The van der Waals surface area contributed by atoms with Crippen LogP contribution in [0.4, 0.5) is 0 Å². The van der Waals surface area contributed by atoms with Gasteiger partial charge in [-0.05, 0) is 153 Å². The normalized spacial score (nSPS) is 22.1. The molecule has 2 aromatic rings. The highest BCUT2D eigenvalue weighted by atomic mass is 14.9. The average Bonchev–Trinajstić information content (AvgIpc) is 3.22.